The molecule has 0 saturated carbocycles. The van der Waals surface area contributed by atoms with E-state index in [0.717, 1.165) is 0 Å². The van der Waals surface area contributed by atoms with Crippen LogP contribution >= 0.6 is 0 Å². The van der Waals surface area contributed by atoms with Gasteiger partial charge in [0.05, 0.1) is 12.4 Å². The van der Waals surface area contributed by atoms with Gasteiger partial charge in [0.2, 0.25) is 0 Å². The van der Waals surface area contributed by atoms with Gasteiger partial charge in [-0.15, -0.1) is 6.42 Å². The van der Waals surface area contributed by atoms with Crippen molar-refractivity contribution in [1.29, 1.82) is 0 Å². The molecular weight excluding hydrogens is 114 g/mol. The molecule has 1 aromatic rings. The summed E-state index contributed by atoms with van der Waals surface area (Å²) in [7, 11) is 0. The number of nitrogens with zero attached hydrogens (tertiary/aromatic N) is 2. The molecule has 0 aliphatic rings. The third-order valence-corrected chi connectivity index (χ3v) is 0.820. The monoisotopic (exact) mass is 119 g/mol. The summed E-state index contributed by atoms with van der Waals surface area (Å²) in [4.78, 5) is 7.50. The topological polar surface area (TPSA) is 51.8 Å². The van der Waals surface area contributed by atoms with Gasteiger partial charge in [-0.3, -0.25) is 0 Å². The lowest BCUT2D eigenvalue weighted by Gasteiger charge is -1.88. The van der Waals surface area contributed by atoms with E-state index < -0.39 is 0 Å². The van der Waals surface area contributed by atoms with E-state index in [9.17, 15) is 0 Å². The van der Waals surface area contributed by atoms with Gasteiger partial charge in [0.1, 0.15) is 11.5 Å². The van der Waals surface area contributed by atoms with Crippen molar-refractivity contribution in [1.82, 2.24) is 9.97 Å². The van der Waals surface area contributed by atoms with Gasteiger partial charge >= 0.3 is 0 Å². The molecule has 0 bridgehead atoms. The van der Waals surface area contributed by atoms with Gasteiger partial charge in [-0.1, -0.05) is 0 Å². The molecule has 44 valence electrons. The summed E-state index contributed by atoms with van der Waals surface area (Å²) >= 11 is 0. The number of hydrogen-bond acceptors (Lipinski definition) is 3. The number of terminal acetylenes is 1. The highest BCUT2D eigenvalue weighted by Gasteiger charge is 1.86. The molecule has 0 spiro atoms. The Kier molecular flexibility index (Phi) is 1.32. The van der Waals surface area contributed by atoms with Crippen LogP contribution < -0.4 is 5.73 Å². The lowest BCUT2D eigenvalue weighted by molar-refractivity contribution is 1.18. The van der Waals surface area contributed by atoms with Crippen molar-refractivity contribution in [2.45, 2.75) is 0 Å². The zero-order valence-corrected chi connectivity index (χ0v) is 4.70. The molecule has 0 aliphatic heterocycles. The summed E-state index contributed by atoms with van der Waals surface area (Å²) < 4.78 is 0. The number of anilines is 1. The Balaban J connectivity index is 3.06. The predicted molar refractivity (Wildman–Crippen MR) is 34.4 cm³/mol. The van der Waals surface area contributed by atoms with Gasteiger partial charge in [-0.05, 0) is 5.92 Å². The quantitative estimate of drug-likeness (QED) is 0.490. The summed E-state index contributed by atoms with van der Waals surface area (Å²) in [5, 5.41) is 0. The van der Waals surface area contributed by atoms with Gasteiger partial charge < -0.3 is 5.73 Å². The van der Waals surface area contributed by atoms with E-state index in [2.05, 4.69) is 15.9 Å². The minimum atomic E-state index is 0.383. The van der Waals surface area contributed by atoms with Crippen LogP contribution in [0, 0.1) is 12.3 Å². The molecule has 0 amide bonds. The van der Waals surface area contributed by atoms with Crippen molar-refractivity contribution >= 4 is 5.82 Å². The number of aromatic nitrogens is 2. The van der Waals surface area contributed by atoms with Gasteiger partial charge in [0.15, 0.2) is 0 Å². The molecule has 0 aliphatic carbocycles. The third kappa shape index (κ3) is 1.16. The molecule has 1 heterocycles. The number of hydrogen-bond donors (Lipinski definition) is 1. The van der Waals surface area contributed by atoms with Gasteiger partial charge in [0, 0.05) is 0 Å². The van der Waals surface area contributed by atoms with Crippen LogP contribution in [-0.2, 0) is 0 Å². The second-order valence-electron chi connectivity index (χ2n) is 1.47. The van der Waals surface area contributed by atoms with Crippen LogP contribution in [-0.4, -0.2) is 9.97 Å². The summed E-state index contributed by atoms with van der Waals surface area (Å²) in [6, 6.07) is 0. The molecule has 9 heavy (non-hydrogen) atoms. The molecule has 1 rings (SSSR count). The molecule has 0 saturated heterocycles. The van der Waals surface area contributed by atoms with E-state index in [1.165, 1.54) is 12.4 Å². The predicted octanol–water partition coefficient (Wildman–Crippen LogP) is 0.0401. The Morgan fingerprint density at radius 1 is 1.44 bits per heavy atom. The minimum absolute atomic E-state index is 0.383. The van der Waals surface area contributed by atoms with E-state index in [-0.39, 0.29) is 0 Å². The Bertz CT molecular complexity index is 231. The first-order chi connectivity index (χ1) is 4.33. The maximum absolute atomic E-state index is 5.24. The van der Waals surface area contributed by atoms with Crippen LogP contribution in [0.2, 0.25) is 0 Å². The molecule has 2 N–H and O–H groups in total. The van der Waals surface area contributed by atoms with Crippen LogP contribution in [0.4, 0.5) is 5.82 Å². The van der Waals surface area contributed by atoms with Crippen LogP contribution in [0.1, 0.15) is 5.69 Å². The first-order valence-corrected chi connectivity index (χ1v) is 2.37. The van der Waals surface area contributed by atoms with Crippen molar-refractivity contribution in [2.24, 2.45) is 0 Å². The van der Waals surface area contributed by atoms with E-state index in [1.807, 2.05) is 0 Å². The fourth-order valence-electron chi connectivity index (χ4n) is 0.413. The number of nitrogens with two attached hydrogens (primary N) is 1. The zero-order valence-electron chi connectivity index (χ0n) is 4.70. The van der Waals surface area contributed by atoms with Crippen molar-refractivity contribution in [2.75, 3.05) is 5.73 Å². The summed E-state index contributed by atoms with van der Waals surface area (Å²) in [5.41, 5.74) is 5.74. The average Bonchev–Trinajstić information content (AvgIpc) is 1.90. The SMILES string of the molecule is C#Cc1cnc(N)cn1. The molecule has 1 aromatic heterocycles. The molecule has 0 unspecified atom stereocenters. The first-order valence-electron chi connectivity index (χ1n) is 2.37. The standard InChI is InChI=1S/C6H5N3/c1-2-5-3-9-6(7)4-8-5/h1,3-4H,(H2,7,9). The van der Waals surface area contributed by atoms with Crippen LogP contribution in [0.15, 0.2) is 12.4 Å². The molecule has 3 nitrogen and oxygen atoms in total. The largest absolute Gasteiger partial charge is 0.382 e. The van der Waals surface area contributed by atoms with Crippen molar-refractivity contribution in [3.8, 4) is 12.3 Å². The maximum atomic E-state index is 5.24. The Labute approximate surface area is 52.9 Å². The van der Waals surface area contributed by atoms with E-state index in [1.54, 1.807) is 0 Å². The Morgan fingerprint density at radius 2 is 2.22 bits per heavy atom. The highest BCUT2D eigenvalue weighted by Crippen LogP contribution is 1.92. The Morgan fingerprint density at radius 3 is 2.67 bits per heavy atom. The lowest BCUT2D eigenvalue weighted by Crippen LogP contribution is -1.91. The van der Waals surface area contributed by atoms with Gasteiger partial charge in [-0.25, -0.2) is 9.97 Å². The average molecular weight is 119 g/mol. The third-order valence-electron chi connectivity index (χ3n) is 0.820. The smallest absolute Gasteiger partial charge is 0.141 e. The summed E-state index contributed by atoms with van der Waals surface area (Å²) in [6.07, 6.45) is 7.89. The second kappa shape index (κ2) is 2.14. The molecule has 3 heteroatoms. The maximum Gasteiger partial charge on any atom is 0.141 e. The van der Waals surface area contributed by atoms with E-state index >= 15 is 0 Å². The van der Waals surface area contributed by atoms with Crippen LogP contribution in [0.3, 0.4) is 0 Å². The first kappa shape index (κ1) is 5.57. The number of nitrogen functional groups attached to an aromatic ring is 1. The minimum Gasteiger partial charge on any atom is -0.382 e. The fraction of sp³-hybridized carbons (Fsp3) is 0. The van der Waals surface area contributed by atoms with Crippen molar-refractivity contribution in [3.05, 3.63) is 18.1 Å². The van der Waals surface area contributed by atoms with E-state index in [4.69, 9.17) is 12.2 Å². The van der Waals surface area contributed by atoms with Crippen molar-refractivity contribution < 1.29 is 0 Å². The number of rotatable bonds is 0. The molecule has 0 radical (unpaired) electrons. The molecule has 0 fully saturated rings. The lowest BCUT2D eigenvalue weighted by atomic mass is 10.5. The zero-order chi connectivity index (χ0) is 6.69. The second-order valence-corrected chi connectivity index (χ2v) is 1.47. The molecular formula is C6H5N3. The highest BCUT2D eigenvalue weighted by atomic mass is 14.9. The van der Waals surface area contributed by atoms with Crippen LogP contribution in [0.5, 0.6) is 0 Å². The molecule has 0 atom stereocenters. The molecule has 0 aromatic carbocycles. The summed E-state index contributed by atoms with van der Waals surface area (Å²) in [6.45, 7) is 0. The normalized spacial score (nSPS) is 8.33. The fourth-order valence-corrected chi connectivity index (χ4v) is 0.413. The Hall–Kier alpha value is -1.56. The van der Waals surface area contributed by atoms with Crippen molar-refractivity contribution in [3.63, 3.8) is 0 Å². The highest BCUT2D eigenvalue weighted by molar-refractivity contribution is 5.28. The van der Waals surface area contributed by atoms with Gasteiger partial charge in [0.25, 0.3) is 0 Å². The van der Waals surface area contributed by atoms with Crippen LogP contribution in [0.25, 0.3) is 0 Å². The summed E-state index contributed by atoms with van der Waals surface area (Å²) in [5.74, 6) is 2.71. The van der Waals surface area contributed by atoms with Gasteiger partial charge in [-0.2, -0.15) is 0 Å². The van der Waals surface area contributed by atoms with E-state index in [0.29, 0.717) is 11.5 Å².